The minimum absolute atomic E-state index is 0.0129. The van der Waals surface area contributed by atoms with Crippen molar-refractivity contribution in [3.8, 4) is 0 Å². The third-order valence-electron chi connectivity index (χ3n) is 5.18. The van der Waals surface area contributed by atoms with Gasteiger partial charge in [-0.2, -0.15) is 0 Å². The molecule has 27 heavy (non-hydrogen) atoms. The summed E-state index contributed by atoms with van der Waals surface area (Å²) in [6.07, 6.45) is 0. The van der Waals surface area contributed by atoms with Crippen molar-refractivity contribution in [3.63, 3.8) is 0 Å². The predicted octanol–water partition coefficient (Wildman–Crippen LogP) is 1.16. The molecule has 2 aromatic carbocycles. The highest BCUT2D eigenvalue weighted by atomic mass is 16.2. The second-order valence-corrected chi connectivity index (χ2v) is 7.11. The second-order valence-electron chi connectivity index (χ2n) is 7.11. The molecule has 0 atom stereocenters. The lowest BCUT2D eigenvalue weighted by atomic mass is 10.0. The molecule has 6 heteroatoms. The first-order valence-corrected chi connectivity index (χ1v) is 9.42. The topological polar surface area (TPSA) is 55.9 Å². The maximum atomic E-state index is 12.3. The summed E-state index contributed by atoms with van der Waals surface area (Å²) in [6, 6.07) is 15.0. The van der Waals surface area contributed by atoms with Gasteiger partial charge in [-0.15, -0.1) is 0 Å². The van der Waals surface area contributed by atoms with Crippen LogP contribution in [0.1, 0.15) is 5.56 Å². The van der Waals surface area contributed by atoms with Crippen LogP contribution in [-0.4, -0.2) is 79.9 Å². The van der Waals surface area contributed by atoms with E-state index in [-0.39, 0.29) is 18.4 Å². The van der Waals surface area contributed by atoms with Gasteiger partial charge in [0.15, 0.2) is 0 Å². The number of carbonyl (C=O) groups is 2. The maximum absolute atomic E-state index is 12.3. The third-order valence-corrected chi connectivity index (χ3v) is 5.18. The molecule has 1 saturated heterocycles. The Labute approximate surface area is 160 Å². The largest absolute Gasteiger partial charge is 0.358 e. The van der Waals surface area contributed by atoms with Crippen molar-refractivity contribution in [1.82, 2.24) is 20.0 Å². The van der Waals surface area contributed by atoms with Crippen LogP contribution in [0.25, 0.3) is 10.8 Å². The highest BCUT2D eigenvalue weighted by molar-refractivity contribution is 5.86. The van der Waals surface area contributed by atoms with Crippen LogP contribution >= 0.6 is 0 Å². The summed E-state index contributed by atoms with van der Waals surface area (Å²) in [5.41, 5.74) is 1.35. The van der Waals surface area contributed by atoms with E-state index in [1.807, 2.05) is 0 Å². The van der Waals surface area contributed by atoms with Crippen molar-refractivity contribution < 1.29 is 9.59 Å². The van der Waals surface area contributed by atoms with Crippen LogP contribution in [0.4, 0.5) is 0 Å². The molecule has 0 aromatic heterocycles. The first kappa shape index (κ1) is 19.3. The molecule has 1 heterocycles. The Hall–Kier alpha value is -2.44. The first-order valence-electron chi connectivity index (χ1n) is 9.42. The molecular weight excluding hydrogens is 340 g/mol. The molecule has 0 radical (unpaired) electrons. The monoisotopic (exact) mass is 368 g/mol. The molecule has 2 amide bonds. The highest BCUT2D eigenvalue weighted by Gasteiger charge is 2.21. The number of fused-ring (bicyclic) bond motifs is 1. The van der Waals surface area contributed by atoms with Crippen molar-refractivity contribution in [3.05, 3.63) is 48.0 Å². The van der Waals surface area contributed by atoms with Gasteiger partial charge >= 0.3 is 0 Å². The number of nitrogens with zero attached hydrogens (tertiary/aromatic N) is 3. The lowest BCUT2D eigenvalue weighted by Crippen LogP contribution is -2.50. The summed E-state index contributed by atoms with van der Waals surface area (Å²) in [4.78, 5) is 29.8. The Morgan fingerprint density at radius 3 is 2.41 bits per heavy atom. The average Bonchev–Trinajstić information content (AvgIpc) is 2.69. The third kappa shape index (κ3) is 5.05. The van der Waals surface area contributed by atoms with Crippen molar-refractivity contribution in [2.75, 3.05) is 53.4 Å². The lowest BCUT2D eigenvalue weighted by molar-refractivity contribution is -0.135. The summed E-state index contributed by atoms with van der Waals surface area (Å²) in [7, 11) is 3.25. The fraction of sp³-hybridized carbons (Fsp3) is 0.429. The number of piperazine rings is 1. The van der Waals surface area contributed by atoms with Gasteiger partial charge in [-0.25, -0.2) is 0 Å². The van der Waals surface area contributed by atoms with Gasteiger partial charge in [0.25, 0.3) is 0 Å². The molecule has 0 unspecified atom stereocenters. The Kier molecular flexibility index (Phi) is 6.42. The van der Waals surface area contributed by atoms with Crippen LogP contribution in [0.2, 0.25) is 0 Å². The number of likely N-dealkylation sites (N-methyl/N-ethyl adjacent to an activating group) is 2. The molecule has 1 N–H and O–H groups in total. The standard InChI is InChI=1S/C21H28N4O2/c1-22-20(26)15-23(2)21(27)16-25-12-10-24(11-13-25)14-18-8-5-7-17-6-3-4-9-19(17)18/h3-9H,10-16H2,1-2H3,(H,22,26). The van der Waals surface area contributed by atoms with Crippen LogP contribution in [0.15, 0.2) is 42.5 Å². The smallest absolute Gasteiger partial charge is 0.239 e. The number of nitrogens with one attached hydrogen (secondary N) is 1. The summed E-state index contributed by atoms with van der Waals surface area (Å²) in [5.74, 6) is -0.160. The lowest BCUT2D eigenvalue weighted by Gasteiger charge is -2.35. The average molecular weight is 368 g/mol. The van der Waals surface area contributed by atoms with Gasteiger partial charge in [-0.3, -0.25) is 19.4 Å². The van der Waals surface area contributed by atoms with Gasteiger partial charge in [-0.1, -0.05) is 42.5 Å². The number of hydrogen-bond acceptors (Lipinski definition) is 4. The van der Waals surface area contributed by atoms with E-state index in [1.54, 1.807) is 14.1 Å². The van der Waals surface area contributed by atoms with Crippen LogP contribution in [0, 0.1) is 0 Å². The Balaban J connectivity index is 1.50. The van der Waals surface area contributed by atoms with Crippen LogP contribution in [0.5, 0.6) is 0 Å². The molecule has 0 spiro atoms. The molecular formula is C21H28N4O2. The zero-order chi connectivity index (χ0) is 19.2. The Bertz CT molecular complexity index is 794. The quantitative estimate of drug-likeness (QED) is 0.831. The van der Waals surface area contributed by atoms with Gasteiger partial charge in [0.05, 0.1) is 13.1 Å². The van der Waals surface area contributed by atoms with Crippen molar-refractivity contribution >= 4 is 22.6 Å². The van der Waals surface area contributed by atoms with Gasteiger partial charge < -0.3 is 10.2 Å². The molecule has 3 rings (SSSR count). The van der Waals surface area contributed by atoms with E-state index in [4.69, 9.17) is 0 Å². The molecule has 6 nitrogen and oxygen atoms in total. The molecule has 0 bridgehead atoms. The van der Waals surface area contributed by atoms with E-state index in [9.17, 15) is 9.59 Å². The summed E-state index contributed by atoms with van der Waals surface area (Å²) in [5, 5.41) is 5.13. The minimum Gasteiger partial charge on any atom is -0.358 e. The molecule has 1 fully saturated rings. The van der Waals surface area contributed by atoms with Crippen LogP contribution in [0.3, 0.4) is 0 Å². The molecule has 144 valence electrons. The van der Waals surface area contributed by atoms with E-state index in [2.05, 4.69) is 57.6 Å². The van der Waals surface area contributed by atoms with Crippen molar-refractivity contribution in [2.45, 2.75) is 6.54 Å². The summed E-state index contributed by atoms with van der Waals surface area (Å²) >= 11 is 0. The Morgan fingerprint density at radius 2 is 1.67 bits per heavy atom. The van der Waals surface area contributed by atoms with Gasteiger partial charge in [0.2, 0.25) is 11.8 Å². The highest BCUT2D eigenvalue weighted by Crippen LogP contribution is 2.20. The molecule has 0 aliphatic carbocycles. The summed E-state index contributed by atoms with van der Waals surface area (Å²) < 4.78 is 0. The Morgan fingerprint density at radius 1 is 1.00 bits per heavy atom. The number of benzene rings is 2. The van der Waals surface area contributed by atoms with E-state index in [1.165, 1.54) is 21.2 Å². The van der Waals surface area contributed by atoms with Crippen molar-refractivity contribution in [2.24, 2.45) is 0 Å². The summed E-state index contributed by atoms with van der Waals surface area (Å²) in [6.45, 7) is 5.02. The van der Waals surface area contributed by atoms with E-state index >= 15 is 0 Å². The van der Waals surface area contributed by atoms with Gasteiger partial charge in [0, 0.05) is 46.8 Å². The van der Waals surface area contributed by atoms with Crippen LogP contribution < -0.4 is 5.32 Å². The van der Waals surface area contributed by atoms with Crippen LogP contribution in [-0.2, 0) is 16.1 Å². The van der Waals surface area contributed by atoms with E-state index < -0.39 is 0 Å². The number of rotatable bonds is 6. The number of hydrogen-bond donors (Lipinski definition) is 1. The molecule has 2 aromatic rings. The fourth-order valence-corrected chi connectivity index (χ4v) is 3.47. The number of carbonyl (C=O) groups excluding carboxylic acids is 2. The van der Waals surface area contributed by atoms with Gasteiger partial charge in [-0.05, 0) is 16.3 Å². The van der Waals surface area contributed by atoms with Crippen molar-refractivity contribution in [1.29, 1.82) is 0 Å². The van der Waals surface area contributed by atoms with Gasteiger partial charge in [0.1, 0.15) is 0 Å². The molecule has 1 aliphatic rings. The fourth-order valence-electron chi connectivity index (χ4n) is 3.47. The maximum Gasteiger partial charge on any atom is 0.239 e. The van der Waals surface area contributed by atoms with E-state index in [0.717, 1.165) is 32.7 Å². The minimum atomic E-state index is -0.147. The van der Waals surface area contributed by atoms with E-state index in [0.29, 0.717) is 6.54 Å². The zero-order valence-electron chi connectivity index (χ0n) is 16.1. The SMILES string of the molecule is CNC(=O)CN(C)C(=O)CN1CCN(Cc2cccc3ccccc23)CC1. The molecule has 1 aliphatic heterocycles. The second kappa shape index (κ2) is 8.97. The zero-order valence-corrected chi connectivity index (χ0v) is 16.1. The normalized spacial score (nSPS) is 15.6. The molecule has 0 saturated carbocycles. The first-order chi connectivity index (χ1) is 13.1. The predicted molar refractivity (Wildman–Crippen MR) is 107 cm³/mol. The number of amides is 2.